The lowest BCUT2D eigenvalue weighted by Gasteiger charge is -2.00. The fourth-order valence-electron chi connectivity index (χ4n) is 2.25. The van der Waals surface area contributed by atoms with Gasteiger partial charge in [0.25, 0.3) is 0 Å². The molecule has 0 saturated carbocycles. The maximum atomic E-state index is 8.51. The second kappa shape index (κ2) is 10.5. The van der Waals surface area contributed by atoms with Gasteiger partial charge in [-0.15, -0.1) is 0 Å². The molecule has 19 heavy (non-hydrogen) atoms. The molecule has 0 atom stereocenters. The summed E-state index contributed by atoms with van der Waals surface area (Å²) in [6.07, 6.45) is 16.3. The molecule has 0 amide bonds. The van der Waals surface area contributed by atoms with Crippen molar-refractivity contribution in [1.29, 1.82) is 0 Å². The molecule has 0 aliphatic rings. The van der Waals surface area contributed by atoms with Crippen LogP contribution in [0.3, 0.4) is 0 Å². The Morgan fingerprint density at radius 2 is 1.79 bits per heavy atom. The van der Waals surface area contributed by atoms with Gasteiger partial charge in [0.15, 0.2) is 12.4 Å². The predicted octanol–water partition coefficient (Wildman–Crippen LogP) is 3.92. The molecule has 1 aromatic heterocycles. The highest BCUT2D eigenvalue weighted by Gasteiger charge is 2.01. The van der Waals surface area contributed by atoms with Gasteiger partial charge >= 0.3 is 0 Å². The van der Waals surface area contributed by atoms with E-state index in [0.29, 0.717) is 0 Å². The Kier molecular flexibility index (Phi) is 8.69. The summed E-state index contributed by atoms with van der Waals surface area (Å²) in [5.41, 5.74) is 0.935. The molecule has 0 aliphatic heterocycles. The molecule has 1 heterocycles. The Labute approximate surface area is 117 Å². The largest absolute Gasteiger partial charge is 0.411 e. The standard InChI is InChI=1S/C16H26N2O/c1-2-3-4-5-6-7-8-9-12-18-13-10-11-16(15-18)14-17-19/h10-11,13-15H,2-9,12H2,1H3/p+1. The number of hydrogen-bond acceptors (Lipinski definition) is 2. The van der Waals surface area contributed by atoms with Crippen LogP contribution >= 0.6 is 0 Å². The summed E-state index contributed by atoms with van der Waals surface area (Å²) in [6.45, 7) is 3.30. The minimum absolute atomic E-state index is 0.935. The molecule has 3 nitrogen and oxygen atoms in total. The quantitative estimate of drug-likeness (QED) is 0.224. The number of pyridine rings is 1. The zero-order chi connectivity index (χ0) is 13.8. The smallest absolute Gasteiger partial charge is 0.177 e. The first-order valence-corrected chi connectivity index (χ1v) is 7.53. The molecule has 0 unspecified atom stereocenters. The SMILES string of the molecule is CCCCCCCCCC[n+]1cccc(C=NO)c1. The molecule has 1 N–H and O–H groups in total. The molecule has 0 bridgehead atoms. The number of oxime groups is 1. The van der Waals surface area contributed by atoms with Crippen LogP contribution in [0.4, 0.5) is 0 Å². The Morgan fingerprint density at radius 3 is 2.47 bits per heavy atom. The summed E-state index contributed by atoms with van der Waals surface area (Å²) in [5.74, 6) is 0. The third kappa shape index (κ3) is 7.60. The predicted molar refractivity (Wildman–Crippen MR) is 78.6 cm³/mol. The molecule has 106 valence electrons. The van der Waals surface area contributed by atoms with Crippen LogP contribution in [0.15, 0.2) is 29.7 Å². The van der Waals surface area contributed by atoms with E-state index in [1.807, 2.05) is 18.3 Å². The number of rotatable bonds is 10. The van der Waals surface area contributed by atoms with Crippen LogP contribution in [0.5, 0.6) is 0 Å². The van der Waals surface area contributed by atoms with E-state index < -0.39 is 0 Å². The summed E-state index contributed by atoms with van der Waals surface area (Å²) in [6, 6.07) is 3.92. The normalized spacial score (nSPS) is 11.2. The lowest BCUT2D eigenvalue weighted by Crippen LogP contribution is -2.33. The molecular weight excluding hydrogens is 236 g/mol. The zero-order valence-electron chi connectivity index (χ0n) is 12.1. The Hall–Kier alpha value is -1.38. The van der Waals surface area contributed by atoms with Crippen LogP contribution in [-0.4, -0.2) is 11.4 Å². The van der Waals surface area contributed by atoms with Crippen molar-refractivity contribution in [3.63, 3.8) is 0 Å². The van der Waals surface area contributed by atoms with Gasteiger partial charge in [-0.25, -0.2) is 4.57 Å². The topological polar surface area (TPSA) is 36.5 Å². The minimum atomic E-state index is 0.935. The van der Waals surface area contributed by atoms with Crippen LogP contribution in [0.25, 0.3) is 0 Å². The van der Waals surface area contributed by atoms with Crippen molar-refractivity contribution in [2.75, 3.05) is 0 Å². The van der Waals surface area contributed by atoms with Gasteiger partial charge in [0.2, 0.25) is 0 Å². The fraction of sp³-hybridized carbons (Fsp3) is 0.625. The van der Waals surface area contributed by atoms with Crippen molar-refractivity contribution >= 4 is 6.21 Å². The van der Waals surface area contributed by atoms with Gasteiger partial charge in [-0.05, 0) is 12.5 Å². The highest BCUT2D eigenvalue weighted by atomic mass is 16.4. The van der Waals surface area contributed by atoms with Crippen molar-refractivity contribution in [2.45, 2.75) is 64.8 Å². The first kappa shape index (κ1) is 15.7. The van der Waals surface area contributed by atoms with Crippen LogP contribution < -0.4 is 4.57 Å². The summed E-state index contributed by atoms with van der Waals surface area (Å²) in [5, 5.41) is 11.6. The van der Waals surface area contributed by atoms with E-state index in [1.165, 1.54) is 57.6 Å². The molecule has 0 aromatic carbocycles. The summed E-state index contributed by atoms with van der Waals surface area (Å²) < 4.78 is 2.16. The van der Waals surface area contributed by atoms with Crippen molar-refractivity contribution < 1.29 is 9.77 Å². The maximum absolute atomic E-state index is 8.51. The Bertz CT molecular complexity index is 364. The highest BCUT2D eigenvalue weighted by Crippen LogP contribution is 2.08. The fourth-order valence-corrected chi connectivity index (χ4v) is 2.25. The molecule has 0 radical (unpaired) electrons. The van der Waals surface area contributed by atoms with Crippen molar-refractivity contribution in [2.24, 2.45) is 5.16 Å². The van der Waals surface area contributed by atoms with Gasteiger partial charge in [0.1, 0.15) is 6.54 Å². The van der Waals surface area contributed by atoms with Gasteiger partial charge < -0.3 is 5.21 Å². The molecule has 1 aromatic rings. The third-order valence-electron chi connectivity index (χ3n) is 3.36. The monoisotopic (exact) mass is 263 g/mol. The number of hydrogen-bond donors (Lipinski definition) is 1. The van der Waals surface area contributed by atoms with E-state index in [0.717, 1.165) is 12.1 Å². The van der Waals surface area contributed by atoms with Crippen LogP contribution in [0.2, 0.25) is 0 Å². The molecule has 0 saturated heterocycles. The first-order chi connectivity index (χ1) is 9.36. The van der Waals surface area contributed by atoms with E-state index in [1.54, 1.807) is 0 Å². The average Bonchev–Trinajstić information content (AvgIpc) is 2.43. The Balaban J connectivity index is 2.10. The zero-order valence-corrected chi connectivity index (χ0v) is 12.1. The van der Waals surface area contributed by atoms with Gasteiger partial charge in [-0.1, -0.05) is 50.6 Å². The lowest BCUT2D eigenvalue weighted by molar-refractivity contribution is -0.697. The van der Waals surface area contributed by atoms with Crippen LogP contribution in [0.1, 0.15) is 63.9 Å². The number of unbranched alkanes of at least 4 members (excludes halogenated alkanes) is 7. The molecule has 1 rings (SSSR count). The second-order valence-corrected chi connectivity index (χ2v) is 5.09. The second-order valence-electron chi connectivity index (χ2n) is 5.09. The van der Waals surface area contributed by atoms with E-state index in [-0.39, 0.29) is 0 Å². The number of aromatic nitrogens is 1. The van der Waals surface area contributed by atoms with Crippen LogP contribution in [-0.2, 0) is 6.54 Å². The van der Waals surface area contributed by atoms with Crippen molar-refractivity contribution in [1.82, 2.24) is 0 Å². The molecule has 3 heteroatoms. The van der Waals surface area contributed by atoms with E-state index in [4.69, 9.17) is 5.21 Å². The minimum Gasteiger partial charge on any atom is -0.411 e. The van der Waals surface area contributed by atoms with Crippen molar-refractivity contribution in [3.05, 3.63) is 30.1 Å². The first-order valence-electron chi connectivity index (χ1n) is 7.53. The Morgan fingerprint density at radius 1 is 1.11 bits per heavy atom. The van der Waals surface area contributed by atoms with Gasteiger partial charge in [-0.3, -0.25) is 0 Å². The van der Waals surface area contributed by atoms with Crippen molar-refractivity contribution in [3.8, 4) is 0 Å². The van der Waals surface area contributed by atoms with E-state index in [9.17, 15) is 0 Å². The van der Waals surface area contributed by atoms with E-state index in [2.05, 4.69) is 22.8 Å². The molecule has 0 fully saturated rings. The van der Waals surface area contributed by atoms with Crippen LogP contribution in [0, 0.1) is 0 Å². The third-order valence-corrected chi connectivity index (χ3v) is 3.36. The van der Waals surface area contributed by atoms with Gasteiger partial charge in [0.05, 0.1) is 11.8 Å². The maximum Gasteiger partial charge on any atom is 0.177 e. The number of nitrogens with zero attached hydrogens (tertiary/aromatic N) is 2. The van der Waals surface area contributed by atoms with Gasteiger partial charge in [-0.2, -0.15) is 0 Å². The van der Waals surface area contributed by atoms with Gasteiger partial charge in [0, 0.05) is 12.5 Å². The molecule has 0 spiro atoms. The lowest BCUT2D eigenvalue weighted by atomic mass is 10.1. The molecule has 0 aliphatic carbocycles. The molecular formula is C16H27N2O+. The summed E-state index contributed by atoms with van der Waals surface area (Å²) in [7, 11) is 0. The summed E-state index contributed by atoms with van der Waals surface area (Å²) >= 11 is 0. The number of aryl methyl sites for hydroxylation is 1. The average molecular weight is 263 g/mol. The summed E-state index contributed by atoms with van der Waals surface area (Å²) in [4.78, 5) is 0. The van der Waals surface area contributed by atoms with E-state index >= 15 is 0 Å². The highest BCUT2D eigenvalue weighted by molar-refractivity contribution is 5.77.